The van der Waals surface area contributed by atoms with E-state index in [1.807, 2.05) is 0 Å². The first-order valence-electron chi connectivity index (χ1n) is 15.9. The van der Waals surface area contributed by atoms with Crippen LogP contribution in [0.2, 0.25) is 0 Å². The minimum atomic E-state index is -0.0397. The maximum Gasteiger partial charge on any atom is 0.0165 e. The van der Waals surface area contributed by atoms with Crippen LogP contribution >= 0.6 is 0 Å². The molecule has 1 aliphatic rings. The lowest BCUT2D eigenvalue weighted by Crippen LogP contribution is -2.15. The summed E-state index contributed by atoms with van der Waals surface area (Å²) in [6.07, 6.45) is 0. The fourth-order valence-electron chi connectivity index (χ4n) is 7.98. The highest BCUT2D eigenvalue weighted by Crippen LogP contribution is 2.52. The third-order valence-corrected chi connectivity index (χ3v) is 10.0. The number of benzene rings is 8. The third kappa shape index (κ3) is 3.85. The van der Waals surface area contributed by atoms with Crippen LogP contribution < -0.4 is 0 Å². The second kappa shape index (κ2) is 9.78. The molecule has 0 atom stereocenters. The molecule has 9 rings (SSSR count). The summed E-state index contributed by atoms with van der Waals surface area (Å²) in [4.78, 5) is 0. The molecule has 0 aliphatic heterocycles. The first kappa shape index (κ1) is 26.0. The molecule has 0 saturated heterocycles. The Balaban J connectivity index is 1.19. The molecule has 0 fully saturated rings. The molecule has 0 amide bonds. The molecule has 0 aromatic heterocycles. The van der Waals surface area contributed by atoms with Crippen molar-refractivity contribution in [2.24, 2.45) is 0 Å². The fourth-order valence-corrected chi connectivity index (χ4v) is 7.98. The molecule has 0 heteroatoms. The van der Waals surface area contributed by atoms with Gasteiger partial charge in [-0.05, 0) is 94.0 Å². The van der Waals surface area contributed by atoms with Gasteiger partial charge in [-0.1, -0.05) is 166 Å². The molecular weight excluding hydrogens is 540 g/mol. The topological polar surface area (TPSA) is 0 Å². The van der Waals surface area contributed by atoms with E-state index >= 15 is 0 Å². The Bertz CT molecular complexity index is 2370. The lowest BCUT2D eigenvalue weighted by molar-refractivity contribution is 0.666. The van der Waals surface area contributed by atoms with Crippen LogP contribution in [0.5, 0.6) is 0 Å². The van der Waals surface area contributed by atoms with Gasteiger partial charge in [0.15, 0.2) is 0 Å². The Morgan fingerprint density at radius 3 is 1.47 bits per heavy atom. The average Bonchev–Trinajstić information content (AvgIpc) is 3.33. The number of hydrogen-bond donors (Lipinski definition) is 0. The normalized spacial score (nSPS) is 13.3. The highest BCUT2D eigenvalue weighted by atomic mass is 14.4. The van der Waals surface area contributed by atoms with Crippen molar-refractivity contribution in [3.8, 4) is 44.5 Å². The SMILES string of the molecule is CC1(C)c2ccc(-c3ccc(-c4c5ccccc5c(-c5ccccc5)c5ccccc45)cc3)cc2-c2ccc3ccccc3c21. The van der Waals surface area contributed by atoms with E-state index in [2.05, 4.69) is 172 Å². The van der Waals surface area contributed by atoms with Crippen molar-refractivity contribution in [2.45, 2.75) is 19.3 Å². The van der Waals surface area contributed by atoms with E-state index < -0.39 is 0 Å². The number of rotatable bonds is 3. The summed E-state index contributed by atoms with van der Waals surface area (Å²) in [6, 6.07) is 58.2. The average molecular weight is 573 g/mol. The van der Waals surface area contributed by atoms with Gasteiger partial charge >= 0.3 is 0 Å². The molecule has 0 bridgehead atoms. The van der Waals surface area contributed by atoms with E-state index in [-0.39, 0.29) is 5.41 Å². The molecule has 0 heterocycles. The fraction of sp³-hybridized carbons (Fsp3) is 0.0667. The highest BCUT2D eigenvalue weighted by molar-refractivity contribution is 6.21. The number of fused-ring (bicyclic) bond motifs is 7. The summed E-state index contributed by atoms with van der Waals surface area (Å²) >= 11 is 0. The molecule has 0 nitrogen and oxygen atoms in total. The predicted octanol–water partition coefficient (Wildman–Crippen LogP) is 12.5. The van der Waals surface area contributed by atoms with Crippen LogP contribution in [0.3, 0.4) is 0 Å². The molecule has 0 N–H and O–H groups in total. The van der Waals surface area contributed by atoms with Gasteiger partial charge in [0, 0.05) is 5.41 Å². The van der Waals surface area contributed by atoms with Crippen molar-refractivity contribution in [1.82, 2.24) is 0 Å². The second-order valence-electron chi connectivity index (χ2n) is 12.9. The van der Waals surface area contributed by atoms with Crippen molar-refractivity contribution in [3.63, 3.8) is 0 Å². The zero-order valence-corrected chi connectivity index (χ0v) is 25.5. The highest BCUT2D eigenvalue weighted by Gasteiger charge is 2.36. The lowest BCUT2D eigenvalue weighted by atomic mass is 9.80. The van der Waals surface area contributed by atoms with Crippen LogP contribution in [-0.4, -0.2) is 0 Å². The van der Waals surface area contributed by atoms with Gasteiger partial charge in [-0.15, -0.1) is 0 Å². The van der Waals surface area contributed by atoms with Gasteiger partial charge in [0.25, 0.3) is 0 Å². The summed E-state index contributed by atoms with van der Waals surface area (Å²) in [7, 11) is 0. The van der Waals surface area contributed by atoms with Gasteiger partial charge in [0.05, 0.1) is 0 Å². The summed E-state index contributed by atoms with van der Waals surface area (Å²) in [5.74, 6) is 0. The van der Waals surface area contributed by atoms with E-state index in [1.165, 1.54) is 88.0 Å². The van der Waals surface area contributed by atoms with Crippen molar-refractivity contribution in [3.05, 3.63) is 169 Å². The van der Waals surface area contributed by atoms with Crippen molar-refractivity contribution in [2.75, 3.05) is 0 Å². The first-order chi connectivity index (χ1) is 22.1. The van der Waals surface area contributed by atoms with Crippen LogP contribution in [0.1, 0.15) is 25.0 Å². The molecule has 0 unspecified atom stereocenters. The molecule has 0 radical (unpaired) electrons. The van der Waals surface area contributed by atoms with Crippen LogP contribution in [0.4, 0.5) is 0 Å². The molecule has 0 saturated carbocycles. The van der Waals surface area contributed by atoms with Crippen LogP contribution in [-0.2, 0) is 5.41 Å². The minimum absolute atomic E-state index is 0.0397. The number of hydrogen-bond acceptors (Lipinski definition) is 0. The molecule has 0 spiro atoms. The van der Waals surface area contributed by atoms with Crippen LogP contribution in [0.25, 0.3) is 76.8 Å². The van der Waals surface area contributed by atoms with Gasteiger partial charge in [0.2, 0.25) is 0 Å². The smallest absolute Gasteiger partial charge is 0.0165 e. The Hall–Kier alpha value is -5.46. The molecule has 8 aromatic rings. The first-order valence-corrected chi connectivity index (χ1v) is 15.9. The summed E-state index contributed by atoms with van der Waals surface area (Å²) in [5.41, 5.74) is 13.1. The van der Waals surface area contributed by atoms with E-state index in [1.54, 1.807) is 0 Å². The molecule has 8 aromatic carbocycles. The van der Waals surface area contributed by atoms with E-state index in [0.717, 1.165) is 0 Å². The third-order valence-electron chi connectivity index (χ3n) is 10.0. The molecule has 212 valence electrons. The van der Waals surface area contributed by atoms with E-state index in [4.69, 9.17) is 0 Å². The Morgan fingerprint density at radius 1 is 0.356 bits per heavy atom. The largest absolute Gasteiger partial charge is 0.0622 e. The molecular formula is C45H32. The van der Waals surface area contributed by atoms with E-state index in [0.29, 0.717) is 0 Å². The van der Waals surface area contributed by atoms with E-state index in [9.17, 15) is 0 Å². The van der Waals surface area contributed by atoms with Crippen LogP contribution in [0.15, 0.2) is 158 Å². The van der Waals surface area contributed by atoms with Gasteiger partial charge in [-0.3, -0.25) is 0 Å². The Morgan fingerprint density at radius 2 is 0.844 bits per heavy atom. The Labute approximate surface area is 264 Å². The Kier molecular flexibility index (Phi) is 5.64. The quantitative estimate of drug-likeness (QED) is 0.185. The monoisotopic (exact) mass is 572 g/mol. The zero-order valence-electron chi connectivity index (χ0n) is 25.5. The van der Waals surface area contributed by atoms with Gasteiger partial charge in [-0.25, -0.2) is 0 Å². The summed E-state index contributed by atoms with van der Waals surface area (Å²) < 4.78 is 0. The summed E-state index contributed by atoms with van der Waals surface area (Å²) in [6.45, 7) is 4.74. The van der Waals surface area contributed by atoms with Crippen molar-refractivity contribution in [1.29, 1.82) is 0 Å². The second-order valence-corrected chi connectivity index (χ2v) is 12.9. The van der Waals surface area contributed by atoms with Crippen molar-refractivity contribution >= 4 is 32.3 Å². The standard InChI is InChI=1S/C45H32/c1-45(2)41-27-25-33(28-40(41)39-26-24-30-12-6-7-15-34(30)44(39)45)29-20-22-32(23-21-29)43-37-18-10-8-16-35(37)42(31-13-4-3-5-14-31)36-17-9-11-19-38(36)43/h3-28H,1-2H3. The van der Waals surface area contributed by atoms with Crippen molar-refractivity contribution < 1.29 is 0 Å². The molecule has 45 heavy (non-hydrogen) atoms. The molecule has 1 aliphatic carbocycles. The van der Waals surface area contributed by atoms with Gasteiger partial charge in [-0.2, -0.15) is 0 Å². The van der Waals surface area contributed by atoms with Gasteiger partial charge in [0.1, 0.15) is 0 Å². The zero-order chi connectivity index (χ0) is 30.1. The minimum Gasteiger partial charge on any atom is -0.0622 e. The predicted molar refractivity (Wildman–Crippen MR) is 193 cm³/mol. The maximum atomic E-state index is 2.41. The lowest BCUT2D eigenvalue weighted by Gasteiger charge is -2.23. The maximum absolute atomic E-state index is 2.41. The van der Waals surface area contributed by atoms with Crippen LogP contribution in [0, 0.1) is 0 Å². The summed E-state index contributed by atoms with van der Waals surface area (Å²) in [5, 5.41) is 7.81. The van der Waals surface area contributed by atoms with Gasteiger partial charge < -0.3 is 0 Å².